The number of hydrogen-bond donors (Lipinski definition) is 2. The maximum Gasteiger partial charge on any atom is 0.293 e. The Labute approximate surface area is 396 Å². The Hall–Kier alpha value is -4.54. The van der Waals surface area contributed by atoms with Crippen molar-refractivity contribution in [2.45, 2.75) is 111 Å². The summed E-state index contributed by atoms with van der Waals surface area (Å²) in [5, 5.41) is 9.01. The Kier molecular flexibility index (Phi) is 12.0. The van der Waals surface area contributed by atoms with Crippen LogP contribution in [-0.2, 0) is 50.1 Å². The molecule has 3 saturated carbocycles. The lowest BCUT2D eigenvalue weighted by Crippen LogP contribution is -2.35. The first-order valence-electron chi connectivity index (χ1n) is 20.9. The molecule has 12 nitrogen and oxygen atoms in total. The van der Waals surface area contributed by atoms with Crippen LogP contribution in [0.3, 0.4) is 0 Å². The third kappa shape index (κ3) is 8.88. The molecule has 4 aliphatic carbocycles. The highest BCUT2D eigenvalue weighted by molar-refractivity contribution is 14.1. The van der Waals surface area contributed by atoms with E-state index in [9.17, 15) is 48.0 Å². The number of hydrogen-bond acceptors (Lipinski definition) is 8. The molecule has 24 heteroatoms. The number of nitrogens with zero attached hydrogens (tertiary/aromatic N) is 5. The van der Waals surface area contributed by atoms with Gasteiger partial charge >= 0.3 is 0 Å². The van der Waals surface area contributed by atoms with Crippen LogP contribution >= 0.6 is 34.2 Å². The molecule has 0 aliphatic heterocycles. The number of nitrogens with one attached hydrogen (secondary N) is 2. The second-order valence-electron chi connectivity index (χ2n) is 17.6. The van der Waals surface area contributed by atoms with E-state index in [0.717, 1.165) is 16.8 Å². The van der Waals surface area contributed by atoms with Crippen LogP contribution in [0.15, 0.2) is 36.4 Å². The van der Waals surface area contributed by atoms with Crippen LogP contribution in [-0.4, -0.2) is 69.0 Å². The van der Waals surface area contributed by atoms with E-state index in [4.69, 9.17) is 16.6 Å². The Balaban J connectivity index is 1.24. The van der Waals surface area contributed by atoms with Crippen LogP contribution in [0.1, 0.15) is 98.2 Å². The van der Waals surface area contributed by atoms with Gasteiger partial charge in [0.05, 0.1) is 38.2 Å². The van der Waals surface area contributed by atoms with E-state index in [1.165, 1.54) is 32.0 Å². The summed E-state index contributed by atoms with van der Waals surface area (Å²) in [7, 11) is -7.82. The Morgan fingerprint density at radius 2 is 1.63 bits per heavy atom. The van der Waals surface area contributed by atoms with Crippen LogP contribution in [0.5, 0.6) is 0 Å². The summed E-state index contributed by atoms with van der Waals surface area (Å²) in [5.41, 5.74) is -2.48. The van der Waals surface area contributed by atoms with Gasteiger partial charge in [-0.1, -0.05) is 23.6 Å². The van der Waals surface area contributed by atoms with Crippen molar-refractivity contribution in [2.24, 2.45) is 5.92 Å². The van der Waals surface area contributed by atoms with Gasteiger partial charge in [0, 0.05) is 32.2 Å². The number of halogens is 10. The summed E-state index contributed by atoms with van der Waals surface area (Å²) in [6, 6.07) is 5.11. The molecular formula is C43H37ClF8IN7O5S2. The fourth-order valence-electron chi connectivity index (χ4n) is 8.71. The lowest BCUT2D eigenvalue weighted by Gasteiger charge is -2.24. The normalized spacial score (nSPS) is 19.3. The summed E-state index contributed by atoms with van der Waals surface area (Å²) in [6.45, 7) is 0.722. The molecule has 1 amide bonds. The van der Waals surface area contributed by atoms with E-state index in [-0.39, 0.29) is 65.4 Å². The van der Waals surface area contributed by atoms with Gasteiger partial charge in [-0.2, -0.15) is 19.0 Å². The maximum absolute atomic E-state index is 15.6. The van der Waals surface area contributed by atoms with Gasteiger partial charge in [-0.3, -0.25) is 18.9 Å². The molecule has 9 rings (SSSR count). The largest absolute Gasteiger partial charge is 0.346 e. The van der Waals surface area contributed by atoms with Crippen molar-refractivity contribution in [1.82, 2.24) is 29.9 Å². The van der Waals surface area contributed by atoms with Gasteiger partial charge in [0.15, 0.2) is 15.7 Å². The lowest BCUT2D eigenvalue weighted by atomic mass is 9.93. The van der Waals surface area contributed by atoms with Crippen LogP contribution < -0.4 is 10.0 Å². The number of sulfone groups is 1. The number of rotatable bonds is 15. The Bertz CT molecular complexity index is 3170. The second kappa shape index (κ2) is 16.9. The molecular weight excluding hydrogens is 1070 g/mol. The van der Waals surface area contributed by atoms with Crippen molar-refractivity contribution in [3.8, 4) is 23.0 Å². The summed E-state index contributed by atoms with van der Waals surface area (Å²) in [4.78, 5) is 19.0. The number of carbonyl (C=O) groups excluding carboxylic acids is 1. The first-order chi connectivity index (χ1) is 31.4. The van der Waals surface area contributed by atoms with Crippen molar-refractivity contribution in [2.75, 3.05) is 4.72 Å². The van der Waals surface area contributed by atoms with E-state index >= 15 is 8.78 Å². The average Bonchev–Trinajstić information content (AvgIpc) is 4.11. The Morgan fingerprint density at radius 1 is 0.955 bits per heavy atom. The summed E-state index contributed by atoms with van der Waals surface area (Å²) in [6.07, 6.45) is -5.24. The van der Waals surface area contributed by atoms with E-state index in [1.54, 1.807) is 0 Å². The maximum atomic E-state index is 15.6. The van der Waals surface area contributed by atoms with Gasteiger partial charge < -0.3 is 5.32 Å². The minimum Gasteiger partial charge on any atom is -0.346 e. The molecule has 0 unspecified atom stereocenters. The van der Waals surface area contributed by atoms with Crippen LogP contribution in [0, 0.1) is 33.0 Å². The van der Waals surface area contributed by atoms with E-state index in [2.05, 4.69) is 32.1 Å². The molecule has 0 radical (unpaired) electrons. The fourth-order valence-corrected chi connectivity index (χ4v) is 12.6. The highest BCUT2D eigenvalue weighted by atomic mass is 127. The molecule has 0 spiro atoms. The smallest absolute Gasteiger partial charge is 0.293 e. The Morgan fingerprint density at radius 3 is 2.25 bits per heavy atom. The van der Waals surface area contributed by atoms with Gasteiger partial charge in [-0.05, 0) is 117 Å². The van der Waals surface area contributed by atoms with Gasteiger partial charge in [0.25, 0.3) is 18.8 Å². The van der Waals surface area contributed by atoms with Gasteiger partial charge in [-0.15, -0.1) is 0 Å². The van der Waals surface area contributed by atoms with Crippen LogP contribution in [0.2, 0.25) is 5.02 Å². The van der Waals surface area contributed by atoms with Crippen LogP contribution in [0.4, 0.5) is 40.9 Å². The molecule has 0 bridgehead atoms. The van der Waals surface area contributed by atoms with Gasteiger partial charge in [0.2, 0.25) is 15.9 Å². The average molecular weight is 1110 g/mol. The molecule has 67 heavy (non-hydrogen) atoms. The molecule has 356 valence electrons. The zero-order chi connectivity index (χ0) is 48.3. The highest BCUT2D eigenvalue weighted by Crippen LogP contribution is 2.68. The number of amides is 1. The highest BCUT2D eigenvalue weighted by Gasteiger charge is 2.67. The molecule has 0 saturated heterocycles. The second-order valence-corrected chi connectivity index (χ2v) is 23.9. The zero-order valence-corrected chi connectivity index (χ0v) is 39.6. The van der Waals surface area contributed by atoms with Crippen molar-refractivity contribution >= 4 is 76.7 Å². The molecule has 5 aromatic rings. The number of sulfonamides is 1. The van der Waals surface area contributed by atoms with E-state index in [0.29, 0.717) is 36.4 Å². The third-order valence-electron chi connectivity index (χ3n) is 12.3. The topological polar surface area (TPSA) is 158 Å². The number of alkyl halides is 6. The summed E-state index contributed by atoms with van der Waals surface area (Å²) >= 11 is 8.53. The first kappa shape index (κ1) is 47.5. The molecule has 3 aromatic heterocycles. The minimum atomic E-state index is -4.05. The molecule has 4 aliphatic rings. The summed E-state index contributed by atoms with van der Waals surface area (Å²) < 4.78 is 173. The standard InChI is InChI=1S/C43H37ClF8IN7O5S2/c1-42(2,66(62,63)22-3-4-22)10-9-30-29(53)16-25(24-7-8-28(44)35-38(24)59(17-32(47)48)57-41(35)58-67(64,65)23-5-6-23)36(55-30)31(13-19-11-20(45)14-21(46)12-19)54-33(61)18-60-39-34(37(56-60)40(49)50)26-15-27(26)43(39,51)52/h7-8,11-12,14,16,22-23,26-27,31-32,40H,3-6,13,15,17-18H2,1-2H3,(H,54,61)(H,57,58)/t26-,27+,31-/m0/s1. The number of pyridine rings is 1. The molecule has 2 aromatic carbocycles. The fraction of sp³-hybridized carbons (Fsp3) is 0.442. The molecule has 3 heterocycles. The third-order valence-corrected chi connectivity index (χ3v) is 18.1. The number of fused-ring (bicyclic) bond motifs is 4. The predicted octanol–water partition coefficient (Wildman–Crippen LogP) is 8.95. The SMILES string of the molecule is CC(C)(C#Cc1nc([C@H](Cc2cc(F)cc(F)c2)NC(=O)Cn2nc(C(F)F)c3c2C(F)(F)[C@@H]2C[C@H]32)c(-c2ccc(Cl)c3c(NS(=O)(=O)C4CC4)nn(CC(F)F)c23)cc1I)S(=O)(=O)C1CC1. The quantitative estimate of drug-likeness (QED) is 0.0598. The van der Waals surface area contributed by atoms with E-state index in [1.807, 2.05) is 22.6 Å². The van der Waals surface area contributed by atoms with E-state index < -0.39 is 120 Å². The van der Waals surface area contributed by atoms with Crippen molar-refractivity contribution in [3.05, 3.63) is 90.5 Å². The lowest BCUT2D eigenvalue weighted by molar-refractivity contribution is -0.123. The zero-order valence-electron chi connectivity index (χ0n) is 35.0. The van der Waals surface area contributed by atoms with Crippen molar-refractivity contribution < 1.29 is 56.8 Å². The minimum absolute atomic E-state index is 0.0160. The number of carbonyl (C=O) groups is 1. The van der Waals surface area contributed by atoms with Crippen molar-refractivity contribution in [3.63, 3.8) is 0 Å². The number of aromatic nitrogens is 5. The monoisotopic (exact) mass is 1110 g/mol. The van der Waals surface area contributed by atoms with Gasteiger partial charge in [-0.25, -0.2) is 48.2 Å². The van der Waals surface area contributed by atoms with Crippen LogP contribution in [0.25, 0.3) is 22.0 Å². The molecule has 3 atom stereocenters. The molecule has 2 N–H and O–H groups in total. The van der Waals surface area contributed by atoms with Gasteiger partial charge in [0.1, 0.15) is 46.6 Å². The summed E-state index contributed by atoms with van der Waals surface area (Å²) in [5.74, 6) is -3.62. The number of benzene rings is 2. The van der Waals surface area contributed by atoms with Crippen molar-refractivity contribution in [1.29, 1.82) is 0 Å². The number of anilines is 1. The molecule has 3 fully saturated rings. The predicted molar refractivity (Wildman–Crippen MR) is 238 cm³/mol. The first-order valence-corrected chi connectivity index (χ1v) is 25.4.